The van der Waals surface area contributed by atoms with E-state index in [-0.39, 0.29) is 12.0 Å². The minimum Gasteiger partial charge on any atom is -0.474 e. The highest BCUT2D eigenvalue weighted by atomic mass is 32.1. The van der Waals surface area contributed by atoms with E-state index >= 15 is 0 Å². The molecule has 2 aromatic heterocycles. The molecule has 2 heterocycles. The number of ether oxygens (including phenoxy) is 2. The van der Waals surface area contributed by atoms with Crippen LogP contribution in [0.5, 0.6) is 5.88 Å². The van der Waals surface area contributed by atoms with Crippen molar-refractivity contribution in [2.75, 3.05) is 14.2 Å². The molecule has 0 unspecified atom stereocenters. The van der Waals surface area contributed by atoms with E-state index in [1.54, 1.807) is 24.8 Å². The summed E-state index contributed by atoms with van der Waals surface area (Å²) in [7, 11) is 5.83. The van der Waals surface area contributed by atoms with Gasteiger partial charge in [0.05, 0.1) is 5.39 Å². The minimum absolute atomic E-state index is 0.192. The average molecular weight is 416 g/mol. The minimum atomic E-state index is -0.573. The number of nitrogens with two attached hydrogens (primary N) is 1. The fourth-order valence-electron chi connectivity index (χ4n) is 4.79. The van der Waals surface area contributed by atoms with Crippen molar-refractivity contribution in [2.45, 2.75) is 69.1 Å². The molecule has 0 radical (unpaired) electrons. The van der Waals surface area contributed by atoms with Gasteiger partial charge in [-0.15, -0.1) is 11.3 Å². The first-order valence-electron chi connectivity index (χ1n) is 10.4. The summed E-state index contributed by atoms with van der Waals surface area (Å²) in [4.78, 5) is 25.3. The third-order valence-corrected chi connectivity index (χ3v) is 7.62. The van der Waals surface area contributed by atoms with Crippen molar-refractivity contribution in [3.63, 3.8) is 0 Å². The van der Waals surface area contributed by atoms with Gasteiger partial charge in [-0.3, -0.25) is 4.79 Å². The Morgan fingerprint density at radius 3 is 2.76 bits per heavy atom. The van der Waals surface area contributed by atoms with E-state index in [1.807, 2.05) is 0 Å². The van der Waals surface area contributed by atoms with Crippen molar-refractivity contribution in [2.24, 2.45) is 5.73 Å². The summed E-state index contributed by atoms with van der Waals surface area (Å²) in [6.07, 6.45) is 8.16. The molecule has 0 saturated heterocycles. The van der Waals surface area contributed by atoms with Crippen molar-refractivity contribution in [3.8, 4) is 5.88 Å². The van der Waals surface area contributed by atoms with Gasteiger partial charge in [0.15, 0.2) is 7.98 Å². The van der Waals surface area contributed by atoms with E-state index in [0.717, 1.165) is 48.7 Å². The lowest BCUT2D eigenvalue weighted by molar-refractivity contribution is -0.128. The summed E-state index contributed by atoms with van der Waals surface area (Å²) in [5.41, 5.74) is 6.75. The maximum Gasteiger partial charge on any atom is 0.246 e. The number of hydrogen-bond donors (Lipinski definition) is 1. The molecule has 2 aromatic rings. The van der Waals surface area contributed by atoms with Crippen molar-refractivity contribution in [1.82, 2.24) is 14.8 Å². The molecule has 0 aliphatic heterocycles. The topological polar surface area (TPSA) is 90.6 Å². The number of primary amides is 1. The molecule has 4 rings (SSSR count). The van der Waals surface area contributed by atoms with Gasteiger partial charge < -0.3 is 20.0 Å². The lowest BCUT2D eigenvalue weighted by Gasteiger charge is -2.33. The zero-order valence-electron chi connectivity index (χ0n) is 17.4. The SMILES string of the molecule is BN(C)[C@H]1CC[C@H](Oc2ncnc3sc4c(c23)[C@@H](C[C@H](OC)C(N)=O)CC4)CC1. The van der Waals surface area contributed by atoms with Crippen LogP contribution in [0.3, 0.4) is 0 Å². The molecule has 1 amide bonds. The molecule has 9 heteroatoms. The Labute approximate surface area is 176 Å². The zero-order chi connectivity index (χ0) is 20.5. The smallest absolute Gasteiger partial charge is 0.246 e. The normalized spacial score (nSPS) is 25.3. The highest BCUT2D eigenvalue weighted by Gasteiger charge is 2.34. The van der Waals surface area contributed by atoms with Gasteiger partial charge in [-0.25, -0.2) is 9.97 Å². The standard InChI is InChI=1S/C20H29BN4O3S/c1-25(21)12-4-6-13(7-5-12)28-19-17-16-11(9-14(27-2)18(22)26)3-8-15(16)29-20(17)24-10-23-19/h10-14H,3-9,21H2,1-2H3,(H2,22,26)/t11-,12-,13-,14+/m1/s1. The van der Waals surface area contributed by atoms with E-state index in [9.17, 15) is 4.79 Å². The van der Waals surface area contributed by atoms with Crippen LogP contribution in [-0.2, 0) is 16.0 Å². The molecule has 0 bridgehead atoms. The number of methoxy groups -OCH3 is 1. The summed E-state index contributed by atoms with van der Waals surface area (Å²) >= 11 is 1.72. The highest BCUT2D eigenvalue weighted by Crippen LogP contribution is 2.48. The van der Waals surface area contributed by atoms with E-state index in [1.165, 1.54) is 10.4 Å². The number of aromatic nitrogens is 2. The Bertz CT molecular complexity index is 882. The maximum atomic E-state index is 11.7. The molecular formula is C20H29BN4O3S. The third kappa shape index (κ3) is 4.13. The van der Waals surface area contributed by atoms with Gasteiger partial charge in [-0.05, 0) is 69.5 Å². The van der Waals surface area contributed by atoms with Crippen LogP contribution in [0.15, 0.2) is 6.33 Å². The molecule has 2 aliphatic rings. The number of rotatable bonds is 7. The van der Waals surface area contributed by atoms with Gasteiger partial charge in [0.2, 0.25) is 11.8 Å². The summed E-state index contributed by atoms with van der Waals surface area (Å²) in [5.74, 6) is 0.501. The molecule has 0 spiro atoms. The van der Waals surface area contributed by atoms with Crippen LogP contribution in [0.2, 0.25) is 0 Å². The number of hydrogen-bond acceptors (Lipinski definition) is 7. The average Bonchev–Trinajstić information content (AvgIpc) is 3.26. The van der Waals surface area contributed by atoms with Crippen LogP contribution in [0.4, 0.5) is 0 Å². The Morgan fingerprint density at radius 2 is 2.10 bits per heavy atom. The Kier molecular flexibility index (Phi) is 6.08. The van der Waals surface area contributed by atoms with Gasteiger partial charge in [0.25, 0.3) is 0 Å². The lowest BCUT2D eigenvalue weighted by atomic mass is 9.90. The fraction of sp³-hybridized carbons (Fsp3) is 0.650. The third-order valence-electron chi connectivity index (χ3n) is 6.45. The second kappa shape index (κ2) is 8.57. The molecule has 7 nitrogen and oxygen atoms in total. The first-order chi connectivity index (χ1) is 14.0. The Balaban J connectivity index is 1.58. The number of aryl methyl sites for hydroxylation is 1. The van der Waals surface area contributed by atoms with Crippen LogP contribution < -0.4 is 10.5 Å². The second-order valence-corrected chi connectivity index (χ2v) is 9.49. The van der Waals surface area contributed by atoms with Gasteiger partial charge in [-0.1, -0.05) is 0 Å². The van der Waals surface area contributed by atoms with Gasteiger partial charge in [0.1, 0.15) is 23.4 Å². The Hall–Kier alpha value is -1.71. The molecule has 1 fully saturated rings. The molecular weight excluding hydrogens is 387 g/mol. The summed E-state index contributed by atoms with van der Waals surface area (Å²) in [5, 5.41) is 1.03. The number of fused-ring (bicyclic) bond motifs is 3. The largest absolute Gasteiger partial charge is 0.474 e. The van der Waals surface area contributed by atoms with Crippen molar-refractivity contribution < 1.29 is 14.3 Å². The first kappa shape index (κ1) is 20.6. The summed E-state index contributed by atoms with van der Waals surface area (Å²) < 4.78 is 11.7. The molecule has 1 saturated carbocycles. The molecule has 0 aromatic carbocycles. The second-order valence-electron chi connectivity index (χ2n) is 8.41. The molecule has 2 aliphatic carbocycles. The fourth-order valence-corrected chi connectivity index (χ4v) is 6.02. The van der Waals surface area contributed by atoms with E-state index in [0.29, 0.717) is 18.3 Å². The van der Waals surface area contributed by atoms with Gasteiger partial charge >= 0.3 is 0 Å². The van der Waals surface area contributed by atoms with Crippen molar-refractivity contribution in [1.29, 1.82) is 0 Å². The predicted molar refractivity (Wildman–Crippen MR) is 116 cm³/mol. The monoisotopic (exact) mass is 416 g/mol. The van der Waals surface area contributed by atoms with Crippen LogP contribution in [0.1, 0.15) is 54.9 Å². The van der Waals surface area contributed by atoms with E-state index < -0.39 is 12.0 Å². The number of thiophene rings is 1. The van der Waals surface area contributed by atoms with Crippen LogP contribution in [0.25, 0.3) is 10.2 Å². The van der Waals surface area contributed by atoms with Crippen LogP contribution in [-0.4, -0.2) is 61.1 Å². The number of nitrogens with zero attached hydrogens (tertiary/aromatic N) is 3. The number of amides is 1. The summed E-state index contributed by atoms with van der Waals surface area (Å²) in [6.45, 7) is 0. The van der Waals surface area contributed by atoms with Crippen LogP contribution in [0, 0.1) is 0 Å². The zero-order valence-corrected chi connectivity index (χ0v) is 18.2. The molecule has 156 valence electrons. The maximum absolute atomic E-state index is 11.7. The van der Waals surface area contributed by atoms with Crippen molar-refractivity contribution >= 4 is 35.4 Å². The number of carbonyl (C=O) groups is 1. The van der Waals surface area contributed by atoms with Gasteiger partial charge in [-0.2, -0.15) is 0 Å². The summed E-state index contributed by atoms with van der Waals surface area (Å²) in [6, 6.07) is 0.634. The quantitative estimate of drug-likeness (QED) is 0.692. The molecule has 2 N–H and O–H groups in total. The molecule has 29 heavy (non-hydrogen) atoms. The van der Waals surface area contributed by atoms with Gasteiger partial charge in [0, 0.05) is 12.0 Å². The number of carbonyl (C=O) groups excluding carboxylic acids is 1. The van der Waals surface area contributed by atoms with Crippen LogP contribution >= 0.6 is 11.3 Å². The van der Waals surface area contributed by atoms with Crippen molar-refractivity contribution in [3.05, 3.63) is 16.8 Å². The predicted octanol–water partition coefficient (Wildman–Crippen LogP) is 1.78. The highest BCUT2D eigenvalue weighted by molar-refractivity contribution is 7.19. The lowest BCUT2D eigenvalue weighted by Crippen LogP contribution is -2.36. The Morgan fingerprint density at radius 1 is 1.34 bits per heavy atom. The first-order valence-corrected chi connectivity index (χ1v) is 11.2. The van der Waals surface area contributed by atoms with E-state index in [4.69, 9.17) is 15.2 Å². The molecule has 2 atom stereocenters. The van der Waals surface area contributed by atoms with E-state index in [2.05, 4.69) is 29.8 Å².